The third-order valence-electron chi connectivity index (χ3n) is 4.56. The van der Waals surface area contributed by atoms with Crippen molar-refractivity contribution in [1.82, 2.24) is 14.1 Å². The van der Waals surface area contributed by atoms with Gasteiger partial charge in [-0.2, -0.15) is 4.47 Å². The average molecular weight is 316 g/mol. The van der Waals surface area contributed by atoms with Gasteiger partial charge in [0.15, 0.2) is 0 Å². The number of hydrogen-bond donors (Lipinski definition) is 2. The molecule has 114 valence electrons. The van der Waals surface area contributed by atoms with Gasteiger partial charge in [-0.05, 0) is 50.8 Å². The number of fused-ring (bicyclic) bond motifs is 1. The van der Waals surface area contributed by atoms with Gasteiger partial charge in [-0.25, -0.2) is 0 Å². The molecule has 3 aliphatic heterocycles. The van der Waals surface area contributed by atoms with Crippen LogP contribution in [0.15, 0.2) is 10.7 Å². The second-order valence-corrected chi connectivity index (χ2v) is 7.70. The van der Waals surface area contributed by atoms with Crippen molar-refractivity contribution < 1.29 is 5.21 Å². The van der Waals surface area contributed by atoms with Crippen molar-refractivity contribution in [3.05, 3.63) is 10.7 Å². The van der Waals surface area contributed by atoms with Crippen LogP contribution in [0.3, 0.4) is 0 Å². The van der Waals surface area contributed by atoms with E-state index in [1.54, 1.807) is 0 Å². The van der Waals surface area contributed by atoms with Crippen molar-refractivity contribution >= 4 is 23.9 Å². The minimum Gasteiger partial charge on any atom is -0.303 e. The second-order valence-electron chi connectivity index (χ2n) is 5.86. The Labute approximate surface area is 130 Å². The van der Waals surface area contributed by atoms with Crippen LogP contribution in [0.25, 0.3) is 0 Å². The van der Waals surface area contributed by atoms with E-state index in [1.165, 1.54) is 73.1 Å². The monoisotopic (exact) mass is 315 g/mol. The van der Waals surface area contributed by atoms with Crippen LogP contribution in [0.4, 0.5) is 0 Å². The molecule has 3 aliphatic rings. The number of unbranched alkanes of at least 4 members (excludes halogenated alkanes) is 1. The van der Waals surface area contributed by atoms with E-state index in [0.717, 1.165) is 17.5 Å². The summed E-state index contributed by atoms with van der Waals surface area (Å²) in [5.41, 5.74) is 1.11. The van der Waals surface area contributed by atoms with Gasteiger partial charge in [-0.15, -0.1) is 11.8 Å². The average Bonchev–Trinajstić information content (AvgIpc) is 3.06. The van der Waals surface area contributed by atoms with E-state index in [1.807, 2.05) is 11.8 Å². The quantitative estimate of drug-likeness (QED) is 0.597. The van der Waals surface area contributed by atoms with Gasteiger partial charge in [0.25, 0.3) is 0 Å². The molecule has 2 fully saturated rings. The van der Waals surface area contributed by atoms with Crippen LogP contribution in [0.1, 0.15) is 51.9 Å². The fourth-order valence-electron chi connectivity index (χ4n) is 3.56. The van der Waals surface area contributed by atoms with Crippen molar-refractivity contribution in [3.63, 3.8) is 0 Å². The first-order valence-corrected chi connectivity index (χ1v) is 9.62. The van der Waals surface area contributed by atoms with Gasteiger partial charge in [-0.3, -0.25) is 10.1 Å². The Bertz CT molecular complexity index is 377. The molecule has 0 amide bonds. The molecular weight excluding hydrogens is 290 g/mol. The lowest BCUT2D eigenvalue weighted by Gasteiger charge is -2.39. The van der Waals surface area contributed by atoms with Crippen molar-refractivity contribution in [2.24, 2.45) is 0 Å². The Balaban J connectivity index is 1.75. The van der Waals surface area contributed by atoms with E-state index >= 15 is 0 Å². The first-order chi connectivity index (χ1) is 9.81. The van der Waals surface area contributed by atoms with Gasteiger partial charge >= 0.3 is 0 Å². The minimum atomic E-state index is 0.410. The molecule has 0 radical (unpaired) electrons. The number of nitrogens with one attached hydrogen (secondary N) is 1. The molecule has 0 saturated carbocycles. The smallest absolute Gasteiger partial charge is 0.104 e. The van der Waals surface area contributed by atoms with Crippen LogP contribution < -0.4 is 4.72 Å². The Morgan fingerprint density at radius 3 is 3.05 bits per heavy atom. The molecule has 0 aromatic heterocycles. The highest BCUT2D eigenvalue weighted by Crippen LogP contribution is 2.41. The molecule has 2 atom stereocenters. The molecule has 2 N–H and O–H groups in total. The SMILES string of the molecule is CCCCSC1=C([C@@H]2CCC[C@@H]3CCCN32)N(O)SN1. The van der Waals surface area contributed by atoms with Crippen LogP contribution in [0.5, 0.6) is 0 Å². The van der Waals surface area contributed by atoms with Crippen LogP contribution in [0.2, 0.25) is 0 Å². The standard InChI is InChI=1S/C14H25N3OS2/c1-2-3-10-19-14-13(17(18)20-15-14)12-8-4-6-11-7-5-9-16(11)12/h11-12,15,18H,2-10H2,1H3/t11-,12+/m1/s1. The fraction of sp³-hybridized carbons (Fsp3) is 0.857. The van der Waals surface area contributed by atoms with Crippen LogP contribution in [0, 0.1) is 0 Å². The van der Waals surface area contributed by atoms with Crippen molar-refractivity contribution in [3.8, 4) is 0 Å². The largest absolute Gasteiger partial charge is 0.303 e. The normalized spacial score (nSPS) is 30.8. The molecule has 4 nitrogen and oxygen atoms in total. The van der Waals surface area contributed by atoms with Crippen LogP contribution in [-0.4, -0.2) is 39.0 Å². The molecule has 6 heteroatoms. The topological polar surface area (TPSA) is 38.7 Å². The molecule has 20 heavy (non-hydrogen) atoms. The summed E-state index contributed by atoms with van der Waals surface area (Å²) in [6.07, 6.45) is 8.93. The maximum atomic E-state index is 10.2. The van der Waals surface area contributed by atoms with Crippen LogP contribution >= 0.6 is 23.9 Å². The zero-order chi connectivity index (χ0) is 13.9. The third kappa shape index (κ3) is 2.93. The summed E-state index contributed by atoms with van der Waals surface area (Å²) < 4.78 is 4.68. The lowest BCUT2D eigenvalue weighted by molar-refractivity contribution is 0.0229. The van der Waals surface area contributed by atoms with E-state index < -0.39 is 0 Å². The van der Waals surface area contributed by atoms with Gasteiger partial charge in [0, 0.05) is 6.04 Å². The van der Waals surface area contributed by atoms with Gasteiger partial charge in [0.2, 0.25) is 0 Å². The lowest BCUT2D eigenvalue weighted by Crippen LogP contribution is -2.45. The lowest BCUT2D eigenvalue weighted by atomic mass is 9.95. The Morgan fingerprint density at radius 2 is 2.20 bits per heavy atom. The predicted molar refractivity (Wildman–Crippen MR) is 86.1 cm³/mol. The molecular formula is C14H25N3OS2. The van der Waals surface area contributed by atoms with E-state index in [0.29, 0.717) is 6.04 Å². The van der Waals surface area contributed by atoms with E-state index in [2.05, 4.69) is 16.5 Å². The van der Waals surface area contributed by atoms with Gasteiger partial charge < -0.3 is 4.72 Å². The summed E-state index contributed by atoms with van der Waals surface area (Å²) in [4.78, 5) is 2.63. The molecule has 2 saturated heterocycles. The van der Waals surface area contributed by atoms with Crippen molar-refractivity contribution in [1.29, 1.82) is 0 Å². The maximum absolute atomic E-state index is 10.2. The molecule has 0 aromatic rings. The zero-order valence-electron chi connectivity index (χ0n) is 12.2. The molecule has 3 heterocycles. The summed E-state index contributed by atoms with van der Waals surface area (Å²) in [5.74, 6) is 1.13. The number of piperidine rings is 1. The van der Waals surface area contributed by atoms with E-state index in [9.17, 15) is 5.21 Å². The number of hydrogen-bond acceptors (Lipinski definition) is 6. The Morgan fingerprint density at radius 1 is 1.35 bits per heavy atom. The Hall–Kier alpha value is -0.0400. The van der Waals surface area contributed by atoms with Crippen LogP contribution in [-0.2, 0) is 0 Å². The summed E-state index contributed by atoms with van der Waals surface area (Å²) in [5, 5.41) is 11.4. The van der Waals surface area contributed by atoms with E-state index in [4.69, 9.17) is 0 Å². The van der Waals surface area contributed by atoms with Gasteiger partial charge in [0.05, 0.1) is 18.2 Å². The first-order valence-electron chi connectivity index (χ1n) is 7.86. The molecule has 0 aliphatic carbocycles. The second kappa shape index (κ2) is 6.81. The maximum Gasteiger partial charge on any atom is 0.104 e. The Kier molecular flexibility index (Phi) is 5.07. The molecule has 0 bridgehead atoms. The van der Waals surface area contributed by atoms with Gasteiger partial charge in [0.1, 0.15) is 10.7 Å². The van der Waals surface area contributed by atoms with E-state index in [-0.39, 0.29) is 0 Å². The first kappa shape index (κ1) is 14.9. The molecule has 0 unspecified atom stereocenters. The summed E-state index contributed by atoms with van der Waals surface area (Å²) >= 11 is 3.18. The number of nitrogens with zero attached hydrogens (tertiary/aromatic N) is 2. The highest BCUT2D eigenvalue weighted by Gasteiger charge is 2.40. The predicted octanol–water partition coefficient (Wildman–Crippen LogP) is 3.56. The number of rotatable bonds is 5. The van der Waals surface area contributed by atoms with Crippen molar-refractivity contribution in [2.75, 3.05) is 12.3 Å². The molecule has 0 spiro atoms. The summed E-state index contributed by atoms with van der Waals surface area (Å²) in [6, 6.07) is 1.16. The van der Waals surface area contributed by atoms with Gasteiger partial charge in [-0.1, -0.05) is 13.3 Å². The zero-order valence-corrected chi connectivity index (χ0v) is 13.8. The molecule has 0 aromatic carbocycles. The third-order valence-corrected chi connectivity index (χ3v) is 6.45. The van der Waals surface area contributed by atoms with Crippen molar-refractivity contribution in [2.45, 2.75) is 64.0 Å². The summed E-state index contributed by atoms with van der Waals surface area (Å²) in [6.45, 7) is 3.42. The fourth-order valence-corrected chi connectivity index (χ4v) is 5.56. The summed E-state index contributed by atoms with van der Waals surface area (Å²) in [7, 11) is 0. The minimum absolute atomic E-state index is 0.410. The highest BCUT2D eigenvalue weighted by atomic mass is 32.2. The highest BCUT2D eigenvalue weighted by molar-refractivity contribution is 8.05. The number of thioether (sulfide) groups is 1. The molecule has 3 rings (SSSR count). The number of hydroxylamine groups is 1.